The molecule has 0 radical (unpaired) electrons. The number of aromatic nitrogens is 2. The number of aryl methyl sites for hydroxylation is 1. The minimum Gasteiger partial charge on any atom is -0.350 e. The summed E-state index contributed by atoms with van der Waals surface area (Å²) in [7, 11) is 1.99. The van der Waals surface area contributed by atoms with Crippen molar-refractivity contribution in [3.05, 3.63) is 95.9 Å². The molecule has 0 unspecified atom stereocenters. The molecule has 4 rings (SSSR count). The van der Waals surface area contributed by atoms with E-state index in [0.29, 0.717) is 12.1 Å². The smallest absolute Gasteiger partial charge is 0.239 e. The number of carbonyl (C=O) groups is 1. The minimum atomic E-state index is -0.377. The molecule has 132 valence electrons. The number of para-hydroxylation sites is 1. The van der Waals surface area contributed by atoms with E-state index in [4.69, 9.17) is 0 Å². The van der Waals surface area contributed by atoms with Crippen molar-refractivity contribution in [2.45, 2.75) is 12.3 Å². The van der Waals surface area contributed by atoms with E-state index in [1.165, 1.54) is 4.57 Å². The van der Waals surface area contributed by atoms with E-state index in [1.54, 1.807) is 18.3 Å². The Morgan fingerprint density at radius 2 is 1.78 bits per heavy atom. The molecule has 0 aliphatic rings. The molecule has 1 atom stereocenters. The van der Waals surface area contributed by atoms with Gasteiger partial charge in [-0.2, -0.15) is 5.26 Å². The number of hydrogen-bond donors (Lipinski definition) is 0. The van der Waals surface area contributed by atoms with Gasteiger partial charge in [0.1, 0.15) is 11.8 Å². The number of fused-ring (bicyclic) bond motifs is 1. The lowest BCUT2D eigenvalue weighted by molar-refractivity contribution is 0.0876. The molecule has 0 saturated heterocycles. The molecule has 4 heteroatoms. The first-order chi connectivity index (χ1) is 13.2. The van der Waals surface area contributed by atoms with Gasteiger partial charge in [-0.05, 0) is 35.7 Å². The summed E-state index contributed by atoms with van der Waals surface area (Å²) in [6.45, 7) is 0. The molecule has 2 heterocycles. The number of hydrogen-bond acceptors (Lipinski definition) is 2. The van der Waals surface area contributed by atoms with E-state index >= 15 is 0 Å². The number of carbonyl (C=O) groups excluding carboxylic acids is 1. The number of rotatable bonds is 4. The Morgan fingerprint density at radius 1 is 1.04 bits per heavy atom. The second kappa shape index (κ2) is 6.97. The third kappa shape index (κ3) is 3.04. The number of nitriles is 1. The molecule has 0 aliphatic heterocycles. The second-order valence-corrected chi connectivity index (χ2v) is 6.67. The molecule has 0 saturated carbocycles. The van der Waals surface area contributed by atoms with Crippen molar-refractivity contribution in [3.8, 4) is 6.07 Å². The molecular weight excluding hydrogens is 334 g/mol. The highest BCUT2D eigenvalue weighted by Crippen LogP contribution is 2.31. The van der Waals surface area contributed by atoms with Gasteiger partial charge in [0, 0.05) is 30.3 Å². The third-order valence-electron chi connectivity index (χ3n) is 4.98. The lowest BCUT2D eigenvalue weighted by atomic mass is 9.90. The van der Waals surface area contributed by atoms with E-state index in [-0.39, 0.29) is 11.8 Å². The summed E-state index contributed by atoms with van der Waals surface area (Å²) in [5.41, 5.74) is 3.53. The Bertz CT molecular complexity index is 1150. The van der Waals surface area contributed by atoms with Crippen molar-refractivity contribution in [2.75, 3.05) is 0 Å². The Hall–Kier alpha value is -3.58. The molecule has 27 heavy (non-hydrogen) atoms. The van der Waals surface area contributed by atoms with Crippen LogP contribution < -0.4 is 0 Å². The monoisotopic (exact) mass is 353 g/mol. The Kier molecular flexibility index (Phi) is 4.35. The maximum absolute atomic E-state index is 13.4. The van der Waals surface area contributed by atoms with Gasteiger partial charge in [-0.1, -0.05) is 48.5 Å². The first-order valence-electron chi connectivity index (χ1n) is 8.88. The van der Waals surface area contributed by atoms with Crippen molar-refractivity contribution in [3.63, 3.8) is 0 Å². The molecule has 2 aromatic heterocycles. The van der Waals surface area contributed by atoms with Crippen LogP contribution in [0.5, 0.6) is 0 Å². The van der Waals surface area contributed by atoms with Gasteiger partial charge in [-0.15, -0.1) is 0 Å². The Balaban J connectivity index is 1.85. The van der Waals surface area contributed by atoms with Crippen molar-refractivity contribution in [1.29, 1.82) is 5.26 Å². The third-order valence-corrected chi connectivity index (χ3v) is 4.98. The lowest BCUT2D eigenvalue weighted by Crippen LogP contribution is -2.22. The van der Waals surface area contributed by atoms with Gasteiger partial charge in [0.2, 0.25) is 5.91 Å². The fourth-order valence-electron chi connectivity index (χ4n) is 3.66. The fourth-order valence-corrected chi connectivity index (χ4v) is 3.66. The van der Waals surface area contributed by atoms with Gasteiger partial charge in [0.15, 0.2) is 0 Å². The summed E-state index contributed by atoms with van der Waals surface area (Å²) in [6.07, 6.45) is 4.28. The van der Waals surface area contributed by atoms with Gasteiger partial charge in [0.25, 0.3) is 0 Å². The van der Waals surface area contributed by atoms with Crippen molar-refractivity contribution >= 4 is 16.8 Å². The quantitative estimate of drug-likeness (QED) is 0.542. The zero-order valence-electron chi connectivity index (χ0n) is 15.0. The molecule has 4 aromatic rings. The standard InChI is InChI=1S/C23H19N3O/c1-25-16-21(19-11-5-6-12-22(19)25)20(14-17-8-3-2-4-9-17)23(27)26-13-7-10-18(26)15-24/h2-13,16,20H,14H2,1H3/t20-/m0/s1. The average molecular weight is 353 g/mol. The average Bonchev–Trinajstić information content (AvgIpc) is 3.31. The highest BCUT2D eigenvalue weighted by Gasteiger charge is 2.27. The Morgan fingerprint density at radius 3 is 2.56 bits per heavy atom. The first kappa shape index (κ1) is 16.9. The molecule has 0 aliphatic carbocycles. The van der Waals surface area contributed by atoms with Crippen LogP contribution in [0, 0.1) is 11.3 Å². The van der Waals surface area contributed by atoms with Crippen LogP contribution in [0.1, 0.15) is 27.5 Å². The van der Waals surface area contributed by atoms with Crippen LogP contribution in [0.3, 0.4) is 0 Å². The maximum atomic E-state index is 13.4. The van der Waals surface area contributed by atoms with Crippen LogP contribution >= 0.6 is 0 Å². The van der Waals surface area contributed by atoms with E-state index in [0.717, 1.165) is 22.0 Å². The Labute approximate surface area is 157 Å². The summed E-state index contributed by atoms with van der Waals surface area (Å²) >= 11 is 0. The summed E-state index contributed by atoms with van der Waals surface area (Å²) in [5, 5.41) is 10.4. The van der Waals surface area contributed by atoms with E-state index in [1.807, 2.05) is 55.7 Å². The van der Waals surface area contributed by atoms with E-state index in [2.05, 4.69) is 22.8 Å². The molecule has 2 aromatic carbocycles. The lowest BCUT2D eigenvalue weighted by Gasteiger charge is -2.17. The van der Waals surface area contributed by atoms with Gasteiger partial charge in [-0.3, -0.25) is 9.36 Å². The predicted octanol–water partition coefficient (Wildman–Crippen LogP) is 4.52. The summed E-state index contributed by atoms with van der Waals surface area (Å²) in [4.78, 5) is 13.4. The largest absolute Gasteiger partial charge is 0.350 e. The van der Waals surface area contributed by atoms with E-state index in [9.17, 15) is 10.1 Å². The van der Waals surface area contributed by atoms with Crippen LogP contribution in [-0.4, -0.2) is 15.0 Å². The maximum Gasteiger partial charge on any atom is 0.239 e. The van der Waals surface area contributed by atoms with Crippen LogP contribution in [0.25, 0.3) is 10.9 Å². The zero-order valence-corrected chi connectivity index (χ0v) is 15.0. The van der Waals surface area contributed by atoms with Crippen LogP contribution in [0.2, 0.25) is 0 Å². The van der Waals surface area contributed by atoms with E-state index < -0.39 is 0 Å². The molecule has 4 nitrogen and oxygen atoms in total. The van der Waals surface area contributed by atoms with Gasteiger partial charge in [-0.25, -0.2) is 0 Å². The van der Waals surface area contributed by atoms with Crippen molar-refractivity contribution < 1.29 is 4.79 Å². The SMILES string of the molecule is Cn1cc([C@H](Cc2ccccc2)C(=O)n2cccc2C#N)c2ccccc21. The van der Waals surface area contributed by atoms with Crippen LogP contribution in [-0.2, 0) is 13.5 Å². The molecule has 0 amide bonds. The molecule has 0 fully saturated rings. The highest BCUT2D eigenvalue weighted by molar-refractivity contribution is 5.94. The van der Waals surface area contributed by atoms with Crippen molar-refractivity contribution in [1.82, 2.24) is 9.13 Å². The second-order valence-electron chi connectivity index (χ2n) is 6.67. The summed E-state index contributed by atoms with van der Waals surface area (Å²) < 4.78 is 3.52. The van der Waals surface area contributed by atoms with Crippen molar-refractivity contribution in [2.24, 2.45) is 7.05 Å². The van der Waals surface area contributed by atoms with Crippen LogP contribution in [0.15, 0.2) is 79.1 Å². The zero-order chi connectivity index (χ0) is 18.8. The molecule has 0 spiro atoms. The van der Waals surface area contributed by atoms with Gasteiger partial charge in [0.05, 0.1) is 5.92 Å². The van der Waals surface area contributed by atoms with Gasteiger partial charge >= 0.3 is 0 Å². The molecule has 0 N–H and O–H groups in total. The highest BCUT2D eigenvalue weighted by atomic mass is 16.2. The summed E-state index contributed by atoms with van der Waals surface area (Å²) in [5.74, 6) is -0.463. The van der Waals surface area contributed by atoms with Crippen LogP contribution in [0.4, 0.5) is 0 Å². The predicted molar refractivity (Wildman–Crippen MR) is 106 cm³/mol. The molecular formula is C23H19N3O. The number of benzene rings is 2. The first-order valence-corrected chi connectivity index (χ1v) is 8.88. The summed E-state index contributed by atoms with van der Waals surface area (Å²) in [6, 6.07) is 23.6. The topological polar surface area (TPSA) is 50.7 Å². The minimum absolute atomic E-state index is 0.0863. The number of nitrogens with zero attached hydrogens (tertiary/aromatic N) is 3. The fraction of sp³-hybridized carbons (Fsp3) is 0.130. The molecule has 0 bridgehead atoms. The normalized spacial score (nSPS) is 12.0. The van der Waals surface area contributed by atoms with Gasteiger partial charge < -0.3 is 4.57 Å².